The number of hydrogen-bond acceptors (Lipinski definition) is 4. The van der Waals surface area contributed by atoms with Crippen LogP contribution in [-0.4, -0.2) is 41.6 Å². The van der Waals surface area contributed by atoms with E-state index in [0.29, 0.717) is 11.3 Å². The number of aryl methyl sites for hydroxylation is 2. The Bertz CT molecular complexity index is 722. The van der Waals surface area contributed by atoms with Crippen molar-refractivity contribution < 1.29 is 9.90 Å². The van der Waals surface area contributed by atoms with Gasteiger partial charge in [-0.05, 0) is 37.6 Å². The minimum Gasteiger partial charge on any atom is -0.383 e. The monoisotopic (exact) mass is 331 g/mol. The zero-order valence-electron chi connectivity index (χ0n) is 14.8. The summed E-state index contributed by atoms with van der Waals surface area (Å²) in [5.74, 6) is 0. The highest BCUT2D eigenvalue weighted by molar-refractivity contribution is 5.89. The molecule has 2 rings (SSSR count). The van der Waals surface area contributed by atoms with E-state index in [1.165, 1.54) is 0 Å². The summed E-state index contributed by atoms with van der Waals surface area (Å²) in [6.07, 6.45) is 3.31. The van der Waals surface area contributed by atoms with Crippen molar-refractivity contribution in [2.24, 2.45) is 7.05 Å². The fourth-order valence-corrected chi connectivity index (χ4v) is 2.46. The van der Waals surface area contributed by atoms with Crippen LogP contribution in [0.1, 0.15) is 18.1 Å². The van der Waals surface area contributed by atoms with Crippen LogP contribution >= 0.6 is 0 Å². The van der Waals surface area contributed by atoms with E-state index in [-0.39, 0.29) is 12.6 Å². The molecular weight excluding hydrogens is 306 g/mol. The molecular formula is C17H25N5O2. The maximum absolute atomic E-state index is 12.1. The highest BCUT2D eigenvalue weighted by atomic mass is 16.3. The minimum absolute atomic E-state index is 0.0826. The Morgan fingerprint density at radius 1 is 1.42 bits per heavy atom. The summed E-state index contributed by atoms with van der Waals surface area (Å²) in [4.78, 5) is 14.1. The lowest BCUT2D eigenvalue weighted by Gasteiger charge is -2.22. The SMILES string of the molecule is Cc1cc(NC(=O)NCC(C)(O)c2cnn(C)c2)ccc1N(C)C. The molecule has 24 heavy (non-hydrogen) atoms. The van der Waals surface area contributed by atoms with Crippen LogP contribution in [0.25, 0.3) is 0 Å². The number of rotatable bonds is 5. The number of hydrogen-bond donors (Lipinski definition) is 3. The van der Waals surface area contributed by atoms with Crippen LogP contribution in [0.5, 0.6) is 0 Å². The summed E-state index contributed by atoms with van der Waals surface area (Å²) in [6, 6.07) is 5.35. The van der Waals surface area contributed by atoms with E-state index in [9.17, 15) is 9.90 Å². The zero-order chi connectivity index (χ0) is 17.9. The van der Waals surface area contributed by atoms with Crippen molar-refractivity contribution in [2.75, 3.05) is 30.9 Å². The molecule has 2 aromatic rings. The van der Waals surface area contributed by atoms with E-state index >= 15 is 0 Å². The number of nitrogens with zero attached hydrogens (tertiary/aromatic N) is 3. The van der Waals surface area contributed by atoms with E-state index in [1.54, 1.807) is 31.0 Å². The number of aromatic nitrogens is 2. The van der Waals surface area contributed by atoms with E-state index in [2.05, 4.69) is 15.7 Å². The van der Waals surface area contributed by atoms with Crippen molar-refractivity contribution in [3.05, 3.63) is 41.7 Å². The van der Waals surface area contributed by atoms with Gasteiger partial charge in [0.2, 0.25) is 0 Å². The Labute approximate surface area is 142 Å². The summed E-state index contributed by atoms with van der Waals surface area (Å²) < 4.78 is 1.61. The molecule has 1 atom stereocenters. The number of anilines is 2. The van der Waals surface area contributed by atoms with E-state index in [1.807, 2.05) is 44.1 Å². The quantitative estimate of drug-likeness (QED) is 0.780. The summed E-state index contributed by atoms with van der Waals surface area (Å²) in [6.45, 7) is 3.71. The van der Waals surface area contributed by atoms with Crippen LogP contribution in [0.3, 0.4) is 0 Å². The normalized spacial score (nSPS) is 13.2. The zero-order valence-corrected chi connectivity index (χ0v) is 14.8. The number of nitrogens with one attached hydrogen (secondary N) is 2. The largest absolute Gasteiger partial charge is 0.383 e. The molecule has 0 aliphatic carbocycles. The minimum atomic E-state index is -1.18. The van der Waals surface area contributed by atoms with Gasteiger partial charge in [0.1, 0.15) is 5.60 Å². The van der Waals surface area contributed by atoms with Gasteiger partial charge in [-0.15, -0.1) is 0 Å². The average Bonchev–Trinajstić information content (AvgIpc) is 2.92. The van der Waals surface area contributed by atoms with Crippen molar-refractivity contribution in [2.45, 2.75) is 19.4 Å². The molecule has 0 saturated heterocycles. The predicted octanol–water partition coefficient (Wildman–Crippen LogP) is 1.82. The lowest BCUT2D eigenvalue weighted by molar-refractivity contribution is 0.0599. The molecule has 0 aliphatic heterocycles. The second-order valence-electron chi connectivity index (χ2n) is 6.38. The summed E-state index contributed by atoms with van der Waals surface area (Å²) in [5.41, 5.74) is 2.34. The number of aliphatic hydroxyl groups is 1. The Hall–Kier alpha value is -2.54. The van der Waals surface area contributed by atoms with Gasteiger partial charge < -0.3 is 20.6 Å². The van der Waals surface area contributed by atoms with Gasteiger partial charge in [0.05, 0.1) is 12.7 Å². The fraction of sp³-hybridized carbons (Fsp3) is 0.412. The van der Waals surface area contributed by atoms with Gasteiger partial charge in [-0.3, -0.25) is 4.68 Å². The highest BCUT2D eigenvalue weighted by Crippen LogP contribution is 2.22. The molecule has 130 valence electrons. The number of carbonyl (C=O) groups excluding carboxylic acids is 1. The standard InChI is InChI=1S/C17H25N5O2/c1-12-8-14(6-7-15(12)21(3)4)20-16(23)18-11-17(2,24)13-9-19-22(5)10-13/h6-10,24H,11H2,1-5H3,(H2,18,20,23). The van der Waals surface area contributed by atoms with Gasteiger partial charge in [-0.25, -0.2) is 4.79 Å². The van der Waals surface area contributed by atoms with Gasteiger partial charge >= 0.3 is 6.03 Å². The van der Waals surface area contributed by atoms with Crippen LogP contribution in [-0.2, 0) is 12.6 Å². The van der Waals surface area contributed by atoms with Crippen molar-refractivity contribution in [3.63, 3.8) is 0 Å². The van der Waals surface area contributed by atoms with Gasteiger partial charge in [0, 0.05) is 44.3 Å². The molecule has 1 unspecified atom stereocenters. The molecule has 1 aromatic heterocycles. The lowest BCUT2D eigenvalue weighted by Crippen LogP contribution is -2.40. The Balaban J connectivity index is 1.95. The number of urea groups is 1. The Morgan fingerprint density at radius 2 is 2.12 bits per heavy atom. The number of benzene rings is 1. The molecule has 7 heteroatoms. The molecule has 1 aromatic carbocycles. The molecule has 0 fully saturated rings. The fourth-order valence-electron chi connectivity index (χ4n) is 2.46. The number of carbonyl (C=O) groups is 1. The Morgan fingerprint density at radius 3 is 2.67 bits per heavy atom. The maximum atomic E-state index is 12.1. The van der Waals surface area contributed by atoms with Crippen LogP contribution in [0.2, 0.25) is 0 Å². The third-order valence-corrected chi connectivity index (χ3v) is 3.86. The first kappa shape index (κ1) is 17.8. The van der Waals surface area contributed by atoms with Gasteiger partial charge in [0.15, 0.2) is 0 Å². The molecule has 0 bridgehead atoms. The molecule has 3 N–H and O–H groups in total. The van der Waals surface area contributed by atoms with Crippen molar-refractivity contribution in [3.8, 4) is 0 Å². The Kier molecular flexibility index (Phi) is 5.14. The first-order valence-electron chi connectivity index (χ1n) is 7.73. The van der Waals surface area contributed by atoms with Crippen LogP contribution < -0.4 is 15.5 Å². The molecule has 0 saturated carbocycles. The highest BCUT2D eigenvalue weighted by Gasteiger charge is 2.25. The van der Waals surface area contributed by atoms with Crippen molar-refractivity contribution >= 4 is 17.4 Å². The molecule has 2 amide bonds. The van der Waals surface area contributed by atoms with Crippen LogP contribution in [0, 0.1) is 6.92 Å². The topological polar surface area (TPSA) is 82.4 Å². The van der Waals surface area contributed by atoms with Gasteiger partial charge in [-0.2, -0.15) is 5.10 Å². The van der Waals surface area contributed by atoms with Crippen molar-refractivity contribution in [1.82, 2.24) is 15.1 Å². The van der Waals surface area contributed by atoms with Crippen molar-refractivity contribution in [1.29, 1.82) is 0 Å². The lowest BCUT2D eigenvalue weighted by atomic mass is 10.00. The average molecular weight is 331 g/mol. The summed E-state index contributed by atoms with van der Waals surface area (Å²) >= 11 is 0. The molecule has 1 heterocycles. The van der Waals surface area contributed by atoms with Crippen LogP contribution in [0.15, 0.2) is 30.6 Å². The smallest absolute Gasteiger partial charge is 0.319 e. The van der Waals surface area contributed by atoms with Gasteiger partial charge in [-0.1, -0.05) is 0 Å². The molecule has 7 nitrogen and oxygen atoms in total. The molecule has 0 aliphatic rings. The van der Waals surface area contributed by atoms with E-state index in [0.717, 1.165) is 11.3 Å². The van der Waals surface area contributed by atoms with Gasteiger partial charge in [0.25, 0.3) is 0 Å². The molecule has 0 radical (unpaired) electrons. The number of amides is 2. The van der Waals surface area contributed by atoms with Crippen LogP contribution in [0.4, 0.5) is 16.2 Å². The first-order chi connectivity index (χ1) is 11.2. The van der Waals surface area contributed by atoms with E-state index < -0.39 is 5.60 Å². The van der Waals surface area contributed by atoms with E-state index in [4.69, 9.17) is 0 Å². The third kappa shape index (κ3) is 4.26. The first-order valence-corrected chi connectivity index (χ1v) is 7.73. The summed E-state index contributed by atoms with van der Waals surface area (Å²) in [5, 5.41) is 20.0. The second-order valence-corrected chi connectivity index (χ2v) is 6.38. The molecule has 0 spiro atoms. The maximum Gasteiger partial charge on any atom is 0.319 e. The predicted molar refractivity (Wildman–Crippen MR) is 95.3 cm³/mol. The second kappa shape index (κ2) is 6.92. The third-order valence-electron chi connectivity index (χ3n) is 3.86. The summed E-state index contributed by atoms with van der Waals surface area (Å²) in [7, 11) is 5.73.